The lowest BCUT2D eigenvalue weighted by molar-refractivity contribution is -0.122. The van der Waals surface area contributed by atoms with Gasteiger partial charge in [0.15, 0.2) is 0 Å². The Morgan fingerprint density at radius 3 is 1.26 bits per heavy atom. The van der Waals surface area contributed by atoms with Crippen LogP contribution in [0.4, 0.5) is 0 Å². The van der Waals surface area contributed by atoms with Crippen LogP contribution >= 0.6 is 0 Å². The third-order valence-corrected chi connectivity index (χ3v) is 10.1. The summed E-state index contributed by atoms with van der Waals surface area (Å²) in [4.78, 5) is 12.9. The Morgan fingerprint density at radius 1 is 0.588 bits per heavy atom. The smallest absolute Gasteiger partial charge is 0.373 e. The molecule has 0 rings (SSSR count). The molecule has 1 amide bonds. The van der Waals surface area contributed by atoms with Crippen LogP contribution in [0.25, 0.3) is 0 Å². The van der Waals surface area contributed by atoms with Gasteiger partial charge in [0.05, 0.1) is 0 Å². The van der Waals surface area contributed by atoms with E-state index in [2.05, 4.69) is 12.2 Å². The molecule has 0 bridgehead atoms. The average molecular weight is 502 g/mol. The summed E-state index contributed by atoms with van der Waals surface area (Å²) in [5.41, 5.74) is -0.339. The molecule has 1 unspecified atom stereocenters. The molecule has 6 heteroatoms. The molecule has 0 radical (unpaired) electrons. The van der Waals surface area contributed by atoms with Crippen LogP contribution in [0.3, 0.4) is 0 Å². The van der Waals surface area contributed by atoms with E-state index in [9.17, 15) is 4.79 Å². The topological polar surface area (TPSA) is 56.8 Å². The number of carbonyl (C=O) groups is 1. The summed E-state index contributed by atoms with van der Waals surface area (Å²) in [5.74, 6) is 0.0190. The number of rotatable bonds is 26. The van der Waals surface area contributed by atoms with Crippen molar-refractivity contribution in [1.29, 1.82) is 0 Å². The lowest BCUT2D eigenvalue weighted by Crippen LogP contribution is -2.54. The first-order chi connectivity index (χ1) is 16.6. The molecule has 0 spiro atoms. The molecule has 0 aromatic heterocycles. The van der Waals surface area contributed by atoms with Gasteiger partial charge in [0, 0.05) is 26.4 Å². The fraction of sp³-hybridized carbons (Fsp3) is 0.964. The Morgan fingerprint density at radius 2 is 0.941 bits per heavy atom. The Hall–Kier alpha value is -0.433. The summed E-state index contributed by atoms with van der Waals surface area (Å²) in [6.45, 7) is 12.3. The maximum atomic E-state index is 12.9. The van der Waals surface area contributed by atoms with Crippen molar-refractivity contribution in [2.24, 2.45) is 0 Å². The van der Waals surface area contributed by atoms with E-state index in [0.29, 0.717) is 26.2 Å². The maximum absolute atomic E-state index is 12.9. The molecule has 0 aliphatic heterocycles. The summed E-state index contributed by atoms with van der Waals surface area (Å²) >= 11 is 0. The number of nitrogens with one attached hydrogen (secondary N) is 1. The van der Waals surface area contributed by atoms with Crippen LogP contribution in [-0.4, -0.2) is 41.1 Å². The van der Waals surface area contributed by atoms with Crippen LogP contribution in [0.5, 0.6) is 0 Å². The van der Waals surface area contributed by atoms with Gasteiger partial charge < -0.3 is 18.6 Å². The highest BCUT2D eigenvalue weighted by Crippen LogP contribution is 2.29. The molecule has 34 heavy (non-hydrogen) atoms. The van der Waals surface area contributed by atoms with Crippen LogP contribution < -0.4 is 5.32 Å². The highest BCUT2D eigenvalue weighted by atomic mass is 28.4. The number of hydrogen-bond acceptors (Lipinski definition) is 4. The van der Waals surface area contributed by atoms with Crippen molar-refractivity contribution in [3.8, 4) is 0 Å². The van der Waals surface area contributed by atoms with E-state index in [4.69, 9.17) is 13.3 Å². The molecule has 0 saturated carbocycles. The highest BCUT2D eigenvalue weighted by molar-refractivity contribution is 6.66. The van der Waals surface area contributed by atoms with Crippen molar-refractivity contribution in [3.63, 3.8) is 0 Å². The van der Waals surface area contributed by atoms with Crippen molar-refractivity contribution < 1.29 is 18.1 Å². The summed E-state index contributed by atoms with van der Waals surface area (Å²) in [7, 11) is -3.01. The van der Waals surface area contributed by atoms with Gasteiger partial charge in [-0.1, -0.05) is 110 Å². The van der Waals surface area contributed by atoms with E-state index >= 15 is 0 Å². The second kappa shape index (κ2) is 24.3. The lowest BCUT2D eigenvalue weighted by Gasteiger charge is -2.34. The molecule has 0 heterocycles. The summed E-state index contributed by atoms with van der Waals surface area (Å²) in [5, 5.41) is 3.12. The second-order valence-electron chi connectivity index (χ2n) is 9.46. The van der Waals surface area contributed by atoms with E-state index < -0.39 is 8.80 Å². The molecule has 0 aliphatic carbocycles. The first-order valence-electron chi connectivity index (χ1n) is 14.8. The molecule has 0 aromatic carbocycles. The molecule has 1 N–H and O–H groups in total. The van der Waals surface area contributed by atoms with Crippen molar-refractivity contribution in [2.45, 2.75) is 149 Å². The van der Waals surface area contributed by atoms with Gasteiger partial charge >= 0.3 is 8.80 Å². The summed E-state index contributed by atoms with van der Waals surface area (Å²) in [6, 6.07) is 0. The zero-order valence-corrected chi connectivity index (χ0v) is 24.6. The fourth-order valence-electron chi connectivity index (χ4n) is 4.63. The average Bonchev–Trinajstić information content (AvgIpc) is 2.82. The largest absolute Gasteiger partial charge is 0.513 e. The van der Waals surface area contributed by atoms with Gasteiger partial charge in [-0.05, 0) is 33.6 Å². The Balaban J connectivity index is 3.82. The van der Waals surface area contributed by atoms with Gasteiger partial charge in [0.25, 0.3) is 0 Å². The van der Waals surface area contributed by atoms with Crippen LogP contribution in [0.15, 0.2) is 0 Å². The Bertz CT molecular complexity index is 433. The normalized spacial score (nSPS) is 12.7. The Labute approximate surface area is 213 Å². The number of hydrogen-bond donors (Lipinski definition) is 1. The predicted molar refractivity (Wildman–Crippen MR) is 147 cm³/mol. The molecule has 1 atom stereocenters. The van der Waals surface area contributed by atoms with Crippen LogP contribution in [0, 0.1) is 0 Å². The minimum atomic E-state index is -3.01. The third-order valence-electron chi connectivity index (χ3n) is 6.52. The van der Waals surface area contributed by atoms with Gasteiger partial charge in [-0.25, -0.2) is 0 Å². The van der Waals surface area contributed by atoms with Gasteiger partial charge in [-0.2, -0.15) is 0 Å². The first-order valence-corrected chi connectivity index (χ1v) is 16.6. The van der Waals surface area contributed by atoms with E-state index in [-0.39, 0.29) is 11.4 Å². The number of amides is 1. The number of unbranched alkanes of at least 4 members (excludes halogenated alkanes) is 15. The molecule has 0 fully saturated rings. The van der Waals surface area contributed by atoms with Crippen molar-refractivity contribution >= 4 is 14.7 Å². The monoisotopic (exact) mass is 501 g/mol. The van der Waals surface area contributed by atoms with Crippen LogP contribution in [0.2, 0.25) is 5.54 Å². The Kier molecular flexibility index (Phi) is 24.0. The second-order valence-corrected chi connectivity index (χ2v) is 12.2. The minimum absolute atomic E-state index is 0.0190. The standard InChI is InChI=1S/C28H59NO4Si/c1-6-11-12-13-14-15-16-17-18-19-20-21-22-23-24-25-26-29-28(30)27(7-2)34(31-8-3,32-9-4)33-10-5/h27H,6-26H2,1-5H3,(H,29,30). The van der Waals surface area contributed by atoms with Crippen molar-refractivity contribution in [2.75, 3.05) is 26.4 Å². The molecule has 0 aliphatic rings. The van der Waals surface area contributed by atoms with Gasteiger partial charge in [0.2, 0.25) is 5.91 Å². The fourth-order valence-corrected chi connectivity index (χ4v) is 7.62. The zero-order chi connectivity index (χ0) is 25.3. The van der Waals surface area contributed by atoms with Crippen LogP contribution in [0.1, 0.15) is 144 Å². The first kappa shape index (κ1) is 33.6. The van der Waals surface area contributed by atoms with E-state index in [1.54, 1.807) is 0 Å². The maximum Gasteiger partial charge on any atom is 0.513 e. The molecule has 204 valence electrons. The molecule has 0 saturated heterocycles. The van der Waals surface area contributed by atoms with E-state index in [0.717, 1.165) is 13.0 Å². The van der Waals surface area contributed by atoms with Crippen molar-refractivity contribution in [3.05, 3.63) is 0 Å². The molecule has 5 nitrogen and oxygen atoms in total. The number of carbonyl (C=O) groups excluding carboxylic acids is 1. The van der Waals surface area contributed by atoms with E-state index in [1.807, 2.05) is 27.7 Å². The SMILES string of the molecule is CCCCCCCCCCCCCCCCCCNC(=O)C(CC)[Si](OCC)(OCC)OCC. The highest BCUT2D eigenvalue weighted by Gasteiger charge is 2.52. The van der Waals surface area contributed by atoms with Gasteiger partial charge in [-0.15, -0.1) is 0 Å². The van der Waals surface area contributed by atoms with Gasteiger partial charge in [0.1, 0.15) is 5.54 Å². The lowest BCUT2D eigenvalue weighted by atomic mass is 10.0. The van der Waals surface area contributed by atoms with E-state index in [1.165, 1.54) is 96.3 Å². The minimum Gasteiger partial charge on any atom is -0.373 e. The quantitative estimate of drug-likeness (QED) is 0.0958. The molecular formula is C28H59NO4Si. The zero-order valence-electron chi connectivity index (χ0n) is 23.6. The predicted octanol–water partition coefficient (Wildman–Crippen LogP) is 8.19. The van der Waals surface area contributed by atoms with Gasteiger partial charge in [-0.3, -0.25) is 4.79 Å². The molecular weight excluding hydrogens is 442 g/mol. The third kappa shape index (κ3) is 16.3. The summed E-state index contributed by atoms with van der Waals surface area (Å²) < 4.78 is 17.9. The summed E-state index contributed by atoms with van der Waals surface area (Å²) in [6.07, 6.45) is 22.4. The van der Waals surface area contributed by atoms with Crippen LogP contribution in [-0.2, 0) is 18.1 Å². The molecule has 0 aromatic rings. The van der Waals surface area contributed by atoms with Crippen molar-refractivity contribution in [1.82, 2.24) is 5.32 Å².